The Balaban J connectivity index is 0.00000147. The van der Waals surface area contributed by atoms with Crippen molar-refractivity contribution >= 4 is 11.8 Å². The number of nitrogens with zero attached hydrogens (tertiary/aromatic N) is 1. The molecule has 98 valence electrons. The molecule has 1 N–H and O–H groups in total. The van der Waals surface area contributed by atoms with Crippen molar-refractivity contribution in [1.82, 2.24) is 4.57 Å². The quantitative estimate of drug-likeness (QED) is 0.697. The van der Waals surface area contributed by atoms with Crippen LogP contribution < -0.4 is 0 Å². The Morgan fingerprint density at radius 3 is 2.45 bits per heavy atom. The number of carboxylic acid groups (broad SMARTS) is 1. The third kappa shape index (κ3) is 2.34. The minimum Gasteiger partial charge on any atom is -0.481 e. The molecule has 1 atom stereocenters. The molecule has 0 spiro atoms. The van der Waals surface area contributed by atoms with Gasteiger partial charge >= 0.3 is 5.97 Å². The first kappa shape index (κ1) is 14.7. The van der Waals surface area contributed by atoms with Gasteiger partial charge in [0.05, 0.1) is 11.6 Å². The maximum Gasteiger partial charge on any atom is 0.312 e. The van der Waals surface area contributed by atoms with Crippen molar-refractivity contribution in [3.63, 3.8) is 0 Å². The second kappa shape index (κ2) is 5.72. The molecule has 0 bridgehead atoms. The average molecular weight is 321 g/mol. The fourth-order valence-corrected chi connectivity index (χ4v) is 2.63. The van der Waals surface area contributed by atoms with Crippen LogP contribution in [0.3, 0.4) is 0 Å². The smallest absolute Gasteiger partial charge is 0.312 e. The Kier molecular flexibility index (Phi) is 4.19. The fourth-order valence-electron chi connectivity index (χ4n) is 2.63. The van der Waals surface area contributed by atoms with Gasteiger partial charge in [0.25, 0.3) is 0 Å². The van der Waals surface area contributed by atoms with Crippen molar-refractivity contribution in [1.29, 1.82) is 0 Å². The number of benzene rings is 1. The molecule has 0 radical (unpaired) electrons. The zero-order valence-electron chi connectivity index (χ0n) is 11.0. The number of rotatable bonds is 3. The van der Waals surface area contributed by atoms with E-state index in [4.69, 9.17) is 5.11 Å². The van der Waals surface area contributed by atoms with Crippen LogP contribution in [0.15, 0.2) is 42.5 Å². The molecular weight excluding hydrogens is 308 g/mol. The Bertz CT molecular complexity index is 648. The number of ketones is 1. The molecule has 1 aromatic carbocycles. The Morgan fingerprint density at radius 2 is 1.80 bits per heavy atom. The van der Waals surface area contributed by atoms with E-state index in [0.29, 0.717) is 24.2 Å². The summed E-state index contributed by atoms with van der Waals surface area (Å²) in [6.45, 7) is 0.590. The number of aliphatic carboxylic acids is 1. The summed E-state index contributed by atoms with van der Waals surface area (Å²) in [6.07, 6.45) is 0.556. The van der Waals surface area contributed by atoms with E-state index >= 15 is 0 Å². The number of aromatic nitrogens is 1. The third-order valence-corrected chi connectivity index (χ3v) is 3.58. The van der Waals surface area contributed by atoms with Gasteiger partial charge in [0.2, 0.25) is 5.78 Å². The maximum atomic E-state index is 12.4. The zero-order chi connectivity index (χ0) is 13.4. The molecule has 1 aliphatic rings. The van der Waals surface area contributed by atoms with Crippen LogP contribution in [0.1, 0.15) is 34.1 Å². The normalized spacial score (nSPS) is 16.3. The number of carbonyl (C=O) groups is 2. The largest absolute Gasteiger partial charge is 0.481 e. The van der Waals surface area contributed by atoms with Crippen LogP contribution in [-0.4, -0.2) is 21.4 Å². The van der Waals surface area contributed by atoms with Gasteiger partial charge in [-0.1, -0.05) is 30.3 Å². The first-order valence-electron chi connectivity index (χ1n) is 6.20. The molecule has 1 aliphatic heterocycles. The minimum atomic E-state index is -0.824. The molecule has 2 aromatic rings. The van der Waals surface area contributed by atoms with Gasteiger partial charge < -0.3 is 9.67 Å². The van der Waals surface area contributed by atoms with Crippen LogP contribution >= 0.6 is 0 Å². The molecule has 3 rings (SSSR count). The topological polar surface area (TPSA) is 59.3 Å². The van der Waals surface area contributed by atoms with E-state index in [1.54, 1.807) is 24.3 Å². The number of carboxylic acids is 1. The van der Waals surface area contributed by atoms with Gasteiger partial charge in [-0.15, -0.1) is 0 Å². The van der Waals surface area contributed by atoms with E-state index in [2.05, 4.69) is 0 Å². The number of fused-ring (bicyclic) bond motifs is 1. The first-order chi connectivity index (χ1) is 9.18. The van der Waals surface area contributed by atoms with Crippen LogP contribution in [0.5, 0.6) is 0 Å². The molecule has 2 heterocycles. The SMILES string of the molecule is O=C(c1ccccc1)c1ccc2n1CCC2C(=O)O.[Zn]. The summed E-state index contributed by atoms with van der Waals surface area (Å²) in [4.78, 5) is 23.5. The monoisotopic (exact) mass is 319 g/mol. The summed E-state index contributed by atoms with van der Waals surface area (Å²) in [5.41, 5.74) is 1.93. The summed E-state index contributed by atoms with van der Waals surface area (Å²) in [6, 6.07) is 12.5. The second-order valence-corrected chi connectivity index (χ2v) is 4.67. The van der Waals surface area contributed by atoms with Crippen molar-refractivity contribution in [3.8, 4) is 0 Å². The minimum absolute atomic E-state index is 0. The Labute approximate surface area is 129 Å². The van der Waals surface area contributed by atoms with E-state index < -0.39 is 11.9 Å². The van der Waals surface area contributed by atoms with E-state index in [0.717, 1.165) is 5.69 Å². The summed E-state index contributed by atoms with van der Waals surface area (Å²) < 4.78 is 1.83. The molecular formula is C15H13NO3Zn. The first-order valence-corrected chi connectivity index (χ1v) is 6.20. The Hall–Kier alpha value is -1.74. The summed E-state index contributed by atoms with van der Waals surface area (Å²) in [7, 11) is 0. The standard InChI is InChI=1S/C15H13NO3.Zn/c17-14(10-4-2-1-3-5-10)13-7-6-12-11(15(18)19)8-9-16(12)13;/h1-7,11H,8-9H2,(H,18,19);. The van der Waals surface area contributed by atoms with Gasteiger partial charge in [-0.25, -0.2) is 0 Å². The molecule has 1 unspecified atom stereocenters. The predicted octanol–water partition coefficient (Wildman–Crippen LogP) is 2.29. The summed E-state index contributed by atoms with van der Waals surface area (Å²) in [5.74, 6) is -1.37. The molecule has 0 saturated heterocycles. The molecule has 5 heteroatoms. The molecule has 0 fully saturated rings. The van der Waals surface area contributed by atoms with Gasteiger partial charge in [-0.2, -0.15) is 0 Å². The molecule has 20 heavy (non-hydrogen) atoms. The van der Waals surface area contributed by atoms with Crippen molar-refractivity contribution < 1.29 is 34.2 Å². The van der Waals surface area contributed by atoms with E-state index in [9.17, 15) is 9.59 Å². The van der Waals surface area contributed by atoms with Gasteiger partial charge in [-0.05, 0) is 18.6 Å². The molecule has 0 amide bonds. The summed E-state index contributed by atoms with van der Waals surface area (Å²) in [5, 5.41) is 9.13. The average Bonchev–Trinajstić information content (AvgIpc) is 2.99. The van der Waals surface area contributed by atoms with E-state index in [-0.39, 0.29) is 25.3 Å². The van der Waals surface area contributed by atoms with Crippen LogP contribution in [0.2, 0.25) is 0 Å². The maximum absolute atomic E-state index is 12.4. The van der Waals surface area contributed by atoms with Gasteiger partial charge in [0.15, 0.2) is 0 Å². The molecule has 0 aliphatic carbocycles. The van der Waals surface area contributed by atoms with Gasteiger partial charge in [0, 0.05) is 37.3 Å². The number of hydrogen-bond acceptors (Lipinski definition) is 2. The third-order valence-electron chi connectivity index (χ3n) is 3.58. The van der Waals surface area contributed by atoms with Crippen LogP contribution in [0.4, 0.5) is 0 Å². The fraction of sp³-hybridized carbons (Fsp3) is 0.200. The zero-order valence-corrected chi connectivity index (χ0v) is 13.9. The number of hydrogen-bond donors (Lipinski definition) is 1. The summed E-state index contributed by atoms with van der Waals surface area (Å²) >= 11 is 0. The molecule has 1 aromatic heterocycles. The van der Waals surface area contributed by atoms with Crippen molar-refractivity contribution in [2.24, 2.45) is 0 Å². The van der Waals surface area contributed by atoms with Gasteiger partial charge in [0.1, 0.15) is 0 Å². The van der Waals surface area contributed by atoms with Crippen molar-refractivity contribution in [3.05, 3.63) is 59.4 Å². The van der Waals surface area contributed by atoms with Gasteiger partial charge in [-0.3, -0.25) is 9.59 Å². The van der Waals surface area contributed by atoms with E-state index in [1.165, 1.54) is 0 Å². The number of carbonyl (C=O) groups excluding carboxylic acids is 1. The van der Waals surface area contributed by atoms with Crippen LogP contribution in [0.25, 0.3) is 0 Å². The predicted molar refractivity (Wildman–Crippen MR) is 69.3 cm³/mol. The van der Waals surface area contributed by atoms with Crippen LogP contribution in [-0.2, 0) is 30.8 Å². The Morgan fingerprint density at radius 1 is 1.10 bits per heavy atom. The second-order valence-electron chi connectivity index (χ2n) is 4.67. The molecule has 4 nitrogen and oxygen atoms in total. The van der Waals surface area contributed by atoms with Crippen LogP contribution in [0, 0.1) is 0 Å². The van der Waals surface area contributed by atoms with Crippen molar-refractivity contribution in [2.45, 2.75) is 18.9 Å². The van der Waals surface area contributed by atoms with Crippen molar-refractivity contribution in [2.75, 3.05) is 0 Å². The molecule has 0 saturated carbocycles. The van der Waals surface area contributed by atoms with E-state index in [1.807, 2.05) is 22.8 Å².